The third-order valence-corrected chi connectivity index (χ3v) is 2.55. The van der Waals surface area contributed by atoms with E-state index in [2.05, 4.69) is 24.5 Å². The molecule has 0 heterocycles. The van der Waals surface area contributed by atoms with Crippen LogP contribution in [0.5, 0.6) is 0 Å². The molecular formula is C16H33N2O4Y-. The van der Waals surface area contributed by atoms with Gasteiger partial charge in [0.05, 0.1) is 25.7 Å². The number of rotatable bonds is 9. The van der Waals surface area contributed by atoms with E-state index in [-0.39, 0.29) is 56.5 Å². The van der Waals surface area contributed by atoms with Crippen molar-refractivity contribution in [2.45, 2.75) is 47.0 Å². The van der Waals surface area contributed by atoms with E-state index in [1.165, 1.54) is 12.8 Å². The summed E-state index contributed by atoms with van der Waals surface area (Å²) in [5.74, 6) is -0.161. The molecule has 0 aromatic heterocycles. The standard InChI is InChI=1S/C9H19NO3.C7H14NO.Y/c1-9(2,3)8(12)10-4-6-13-7-5-11;1-3-4-5-6-8-7(2)9;/h11H,4-7H2,1-3H3,(H,10,12);2-6H2,1H3,(H,8,9);/q;-1;. The van der Waals surface area contributed by atoms with Crippen molar-refractivity contribution in [1.29, 1.82) is 0 Å². The fourth-order valence-corrected chi connectivity index (χ4v) is 1.27. The number of aliphatic hydroxyl groups is 1. The van der Waals surface area contributed by atoms with Gasteiger partial charge in [-0.3, -0.25) is 4.79 Å². The van der Waals surface area contributed by atoms with Gasteiger partial charge in [0.15, 0.2) is 0 Å². The molecule has 3 N–H and O–H groups in total. The van der Waals surface area contributed by atoms with E-state index < -0.39 is 0 Å². The first-order valence-electron chi connectivity index (χ1n) is 7.82. The molecule has 6 nitrogen and oxygen atoms in total. The largest absolute Gasteiger partial charge is 0.394 e. The van der Waals surface area contributed by atoms with Crippen LogP contribution in [0.3, 0.4) is 0 Å². The van der Waals surface area contributed by atoms with E-state index >= 15 is 0 Å². The van der Waals surface area contributed by atoms with Gasteiger partial charge in [-0.25, -0.2) is 0 Å². The summed E-state index contributed by atoms with van der Waals surface area (Å²) in [6, 6.07) is 0. The summed E-state index contributed by atoms with van der Waals surface area (Å²) in [5, 5.41) is 13.8. The van der Waals surface area contributed by atoms with E-state index in [1.54, 1.807) is 0 Å². The molecule has 2 amide bonds. The molecule has 0 rings (SSSR count). The Balaban J connectivity index is -0.000000354. The first kappa shape index (κ1) is 27.7. The average molecular weight is 406 g/mol. The van der Waals surface area contributed by atoms with Crippen LogP contribution < -0.4 is 10.6 Å². The first-order valence-corrected chi connectivity index (χ1v) is 7.82. The maximum Gasteiger partial charge on any atom is 0.225 e. The van der Waals surface area contributed by atoms with Gasteiger partial charge < -0.3 is 32.2 Å². The molecule has 23 heavy (non-hydrogen) atoms. The van der Waals surface area contributed by atoms with Gasteiger partial charge in [0, 0.05) is 51.2 Å². The van der Waals surface area contributed by atoms with Crippen LogP contribution in [-0.2, 0) is 47.0 Å². The number of hydrogen-bond acceptors (Lipinski definition) is 4. The Kier molecular flexibility index (Phi) is 21.9. The van der Waals surface area contributed by atoms with Crippen LogP contribution in [0.4, 0.5) is 0 Å². The van der Waals surface area contributed by atoms with Crippen LogP contribution in [0.15, 0.2) is 0 Å². The Morgan fingerprint density at radius 3 is 2.13 bits per heavy atom. The van der Waals surface area contributed by atoms with Gasteiger partial charge in [0.1, 0.15) is 0 Å². The molecule has 135 valence electrons. The summed E-state index contributed by atoms with van der Waals surface area (Å²) in [5.41, 5.74) is -0.350. The van der Waals surface area contributed by atoms with Gasteiger partial charge in [-0.15, -0.1) is 0 Å². The van der Waals surface area contributed by atoms with Crippen molar-refractivity contribution in [3.05, 3.63) is 6.92 Å². The SMILES string of the molecule is CC(C)(C)C(=O)NCCOCCO.[CH2-]C(=O)NCCCCC.[Y]. The second-order valence-corrected chi connectivity index (χ2v) is 5.90. The molecular weight excluding hydrogens is 373 g/mol. The maximum atomic E-state index is 11.3. The van der Waals surface area contributed by atoms with E-state index in [0.29, 0.717) is 19.8 Å². The molecule has 0 saturated carbocycles. The fourth-order valence-electron chi connectivity index (χ4n) is 1.27. The zero-order valence-electron chi connectivity index (χ0n) is 15.1. The quantitative estimate of drug-likeness (QED) is 0.398. The molecule has 0 aliphatic heterocycles. The third-order valence-electron chi connectivity index (χ3n) is 2.55. The normalized spacial score (nSPS) is 9.96. The molecule has 0 saturated heterocycles. The minimum atomic E-state index is -0.350. The van der Waals surface area contributed by atoms with Crippen molar-refractivity contribution in [2.24, 2.45) is 5.41 Å². The van der Waals surface area contributed by atoms with Crippen LogP contribution in [-0.4, -0.2) is 49.8 Å². The molecule has 0 atom stereocenters. The van der Waals surface area contributed by atoms with E-state index in [9.17, 15) is 9.59 Å². The van der Waals surface area contributed by atoms with Crippen LogP contribution in [0.25, 0.3) is 0 Å². The second kappa shape index (κ2) is 18.2. The van der Waals surface area contributed by atoms with Crippen LogP contribution in [0, 0.1) is 12.3 Å². The predicted octanol–water partition coefficient (Wildman–Crippen LogP) is 1.28. The minimum Gasteiger partial charge on any atom is -0.394 e. The van der Waals surface area contributed by atoms with Crippen LogP contribution in [0.2, 0.25) is 0 Å². The van der Waals surface area contributed by atoms with Crippen molar-refractivity contribution in [1.82, 2.24) is 10.6 Å². The molecule has 7 heteroatoms. The molecule has 0 fully saturated rings. The first-order chi connectivity index (χ1) is 10.3. The van der Waals surface area contributed by atoms with Crippen molar-refractivity contribution in [2.75, 3.05) is 32.9 Å². The molecule has 1 radical (unpaired) electrons. The smallest absolute Gasteiger partial charge is 0.225 e. The number of nitrogens with one attached hydrogen (secondary N) is 2. The number of ether oxygens (including phenoxy) is 1. The van der Waals surface area contributed by atoms with Gasteiger partial charge >= 0.3 is 0 Å². The van der Waals surface area contributed by atoms with Gasteiger partial charge in [-0.05, 0) is 6.42 Å². The Bertz CT molecular complexity index is 294. The van der Waals surface area contributed by atoms with Gasteiger partial charge in [-0.2, -0.15) is 0 Å². The fraction of sp³-hybridized carbons (Fsp3) is 0.812. The summed E-state index contributed by atoms with van der Waals surface area (Å²) in [6.07, 6.45) is 3.44. The van der Waals surface area contributed by atoms with Gasteiger partial charge in [0.2, 0.25) is 5.91 Å². The Morgan fingerprint density at radius 2 is 1.70 bits per heavy atom. The number of hydrogen-bond donors (Lipinski definition) is 3. The monoisotopic (exact) mass is 406 g/mol. The van der Waals surface area contributed by atoms with Gasteiger partial charge in [0.25, 0.3) is 0 Å². The molecule has 0 aromatic rings. The Hall–Kier alpha value is -0.166. The molecule has 0 unspecified atom stereocenters. The number of aliphatic hydroxyl groups excluding tert-OH is 1. The summed E-state index contributed by atoms with van der Waals surface area (Å²) < 4.78 is 4.98. The number of amides is 2. The minimum absolute atomic E-state index is 0. The number of carbonyl (C=O) groups excluding carboxylic acids is 2. The summed E-state index contributed by atoms with van der Waals surface area (Å²) >= 11 is 0. The molecule has 0 aliphatic carbocycles. The number of carbonyl (C=O) groups is 2. The van der Waals surface area contributed by atoms with E-state index in [1.807, 2.05) is 20.8 Å². The summed E-state index contributed by atoms with van der Waals surface area (Å²) in [7, 11) is 0. The zero-order valence-corrected chi connectivity index (χ0v) is 18.0. The van der Waals surface area contributed by atoms with E-state index in [4.69, 9.17) is 9.84 Å². The molecule has 0 bridgehead atoms. The van der Waals surface area contributed by atoms with E-state index in [0.717, 1.165) is 13.0 Å². The van der Waals surface area contributed by atoms with Gasteiger partial charge in [-0.1, -0.05) is 40.5 Å². The maximum absolute atomic E-state index is 11.3. The molecule has 0 spiro atoms. The molecule has 0 aromatic carbocycles. The predicted molar refractivity (Wildman–Crippen MR) is 88.3 cm³/mol. The van der Waals surface area contributed by atoms with Crippen molar-refractivity contribution >= 4 is 11.8 Å². The van der Waals surface area contributed by atoms with Crippen molar-refractivity contribution in [3.8, 4) is 0 Å². The summed E-state index contributed by atoms with van der Waals surface area (Å²) in [4.78, 5) is 21.5. The van der Waals surface area contributed by atoms with Crippen molar-refractivity contribution < 1.29 is 52.1 Å². The van der Waals surface area contributed by atoms with Crippen LogP contribution >= 0.6 is 0 Å². The van der Waals surface area contributed by atoms with Crippen LogP contribution in [0.1, 0.15) is 47.0 Å². The number of unbranched alkanes of at least 4 members (excludes halogenated alkanes) is 2. The average Bonchev–Trinajstić information content (AvgIpc) is 2.42. The van der Waals surface area contributed by atoms with Crippen molar-refractivity contribution in [3.63, 3.8) is 0 Å². The zero-order chi connectivity index (χ0) is 17.4. The Morgan fingerprint density at radius 1 is 1.09 bits per heavy atom. The molecule has 0 aliphatic rings. The third kappa shape index (κ3) is 24.2. The second-order valence-electron chi connectivity index (χ2n) is 5.90. The Labute approximate surface area is 166 Å². The topological polar surface area (TPSA) is 87.7 Å². The summed E-state index contributed by atoms with van der Waals surface area (Å²) in [6.45, 7) is 13.0.